The second-order valence-electron chi connectivity index (χ2n) is 15.0. The highest BCUT2D eigenvalue weighted by Crippen LogP contribution is 2.62. The van der Waals surface area contributed by atoms with Gasteiger partial charge >= 0.3 is 5.97 Å². The minimum atomic E-state index is -0.862. The Morgan fingerprint density at radius 1 is 0.705 bits per heavy atom. The van der Waals surface area contributed by atoms with Crippen molar-refractivity contribution >= 4 is 11.9 Å². The van der Waals surface area contributed by atoms with E-state index in [9.17, 15) is 9.59 Å². The Bertz CT molecular complexity index is 861. The Balaban J connectivity index is 0.990. The summed E-state index contributed by atoms with van der Waals surface area (Å²) in [6, 6.07) is 0. The third-order valence-corrected chi connectivity index (χ3v) is 11.7. The van der Waals surface area contributed by atoms with Gasteiger partial charge in [-0.25, -0.2) is 0 Å². The average Bonchev–Trinajstić information content (AvgIpc) is 3.03. The average molecular weight is 620 g/mol. The minimum absolute atomic E-state index is 0.142. The Morgan fingerprint density at radius 3 is 1.75 bits per heavy atom. The highest BCUT2D eigenvalue weighted by molar-refractivity contribution is 5.77. The van der Waals surface area contributed by atoms with Crippen molar-refractivity contribution in [3.8, 4) is 0 Å². The quantitative estimate of drug-likeness (QED) is 0.0865. The van der Waals surface area contributed by atoms with Crippen LogP contribution < -0.4 is 0 Å². The van der Waals surface area contributed by atoms with E-state index in [0.717, 1.165) is 63.2 Å². The van der Waals surface area contributed by atoms with E-state index in [1.165, 1.54) is 77.7 Å². The number of hydrogen-bond donors (Lipinski definition) is 0. The van der Waals surface area contributed by atoms with Gasteiger partial charge in [0, 0.05) is 44.2 Å². The van der Waals surface area contributed by atoms with E-state index in [1.807, 2.05) is 4.90 Å². The molecule has 252 valence electrons. The molecule has 6 aliphatic rings. The number of amides is 1. The maximum atomic E-state index is 13.4. The molecule has 0 N–H and O–H groups in total. The summed E-state index contributed by atoms with van der Waals surface area (Å²) in [6.07, 6.45) is 25.2. The summed E-state index contributed by atoms with van der Waals surface area (Å²) in [6.45, 7) is 3.41. The first-order valence-electron chi connectivity index (χ1n) is 18.5. The van der Waals surface area contributed by atoms with Crippen molar-refractivity contribution in [1.29, 1.82) is 0 Å². The number of methoxy groups -OCH3 is 1. The number of unbranched alkanes of at least 4 members (excludes halogenated alkanes) is 11. The van der Waals surface area contributed by atoms with Gasteiger partial charge in [0.25, 0.3) is 0 Å². The summed E-state index contributed by atoms with van der Waals surface area (Å²) in [5.41, 5.74) is 0. The van der Waals surface area contributed by atoms with Gasteiger partial charge in [0.2, 0.25) is 17.5 Å². The first-order valence-corrected chi connectivity index (χ1v) is 18.5. The van der Waals surface area contributed by atoms with Gasteiger partial charge in [-0.05, 0) is 69.1 Å². The summed E-state index contributed by atoms with van der Waals surface area (Å²) in [5.74, 6) is 0.914. The van der Waals surface area contributed by atoms with Gasteiger partial charge in [-0.2, -0.15) is 19.6 Å². The standard InChI is InChI=1S/C36H61NO7/c1-3-4-5-6-7-8-9-10-11-12-13-14-20-37(21-17-34(39)40-2)33(38)27-28-15-18-35(19-16-28)41-43-36(44-42-35)31-23-29-22-30(25-31)26-32(36)24-29/h28-32H,3-27H2,1-2H3. The molecule has 6 fully saturated rings. The van der Waals surface area contributed by atoms with Crippen molar-refractivity contribution in [2.75, 3.05) is 20.2 Å². The molecule has 0 atom stereocenters. The number of rotatable bonds is 18. The van der Waals surface area contributed by atoms with Crippen molar-refractivity contribution < 1.29 is 33.9 Å². The maximum absolute atomic E-state index is 13.4. The van der Waals surface area contributed by atoms with Crippen molar-refractivity contribution in [3.05, 3.63) is 0 Å². The number of carbonyl (C=O) groups is 2. The SMILES string of the molecule is CCCCCCCCCCCCCCN(CCC(=O)OC)C(=O)CC1CCC2(CC1)OOC1(OO2)C2CC3CC(C2)CC1C3. The van der Waals surface area contributed by atoms with E-state index >= 15 is 0 Å². The lowest BCUT2D eigenvalue weighted by Crippen LogP contribution is -2.64. The highest BCUT2D eigenvalue weighted by atomic mass is 17.4. The maximum Gasteiger partial charge on any atom is 0.307 e. The number of hydrogen-bond acceptors (Lipinski definition) is 7. The number of carbonyl (C=O) groups excluding carboxylic acids is 2. The predicted molar refractivity (Wildman–Crippen MR) is 168 cm³/mol. The van der Waals surface area contributed by atoms with Gasteiger partial charge in [-0.15, -0.1) is 0 Å². The lowest BCUT2D eigenvalue weighted by Gasteiger charge is -2.60. The van der Waals surface area contributed by atoms with Crippen LogP contribution in [-0.2, 0) is 33.9 Å². The third kappa shape index (κ3) is 8.77. The summed E-state index contributed by atoms with van der Waals surface area (Å²) >= 11 is 0. The zero-order valence-corrected chi connectivity index (χ0v) is 27.9. The molecule has 1 amide bonds. The van der Waals surface area contributed by atoms with Crippen LogP contribution in [0.2, 0.25) is 0 Å². The molecule has 0 unspecified atom stereocenters. The summed E-state index contributed by atoms with van der Waals surface area (Å²) in [5, 5.41) is 0. The van der Waals surface area contributed by atoms with Crippen LogP contribution in [-0.4, -0.2) is 48.5 Å². The van der Waals surface area contributed by atoms with Crippen LogP contribution in [0.25, 0.3) is 0 Å². The molecule has 44 heavy (non-hydrogen) atoms. The molecule has 5 saturated carbocycles. The predicted octanol–water partition coefficient (Wildman–Crippen LogP) is 8.42. The molecule has 8 nitrogen and oxygen atoms in total. The van der Waals surface area contributed by atoms with Gasteiger partial charge in [-0.3, -0.25) is 9.59 Å². The molecule has 0 aromatic rings. The van der Waals surface area contributed by atoms with Crippen LogP contribution >= 0.6 is 0 Å². The largest absolute Gasteiger partial charge is 0.469 e. The Kier molecular flexibility index (Phi) is 12.8. The number of nitrogens with zero attached hydrogens (tertiary/aromatic N) is 1. The summed E-state index contributed by atoms with van der Waals surface area (Å²) < 4.78 is 4.86. The van der Waals surface area contributed by atoms with E-state index in [0.29, 0.717) is 44.2 Å². The molecule has 6 rings (SSSR count). The van der Waals surface area contributed by atoms with Gasteiger partial charge in [0.15, 0.2) is 0 Å². The van der Waals surface area contributed by atoms with E-state index < -0.39 is 11.6 Å². The monoisotopic (exact) mass is 619 g/mol. The molecule has 8 heteroatoms. The molecule has 0 radical (unpaired) electrons. The lowest BCUT2D eigenvalue weighted by molar-refractivity contribution is -0.680. The van der Waals surface area contributed by atoms with Crippen LogP contribution in [0.5, 0.6) is 0 Å². The lowest BCUT2D eigenvalue weighted by atomic mass is 9.53. The van der Waals surface area contributed by atoms with Crippen molar-refractivity contribution in [2.45, 2.75) is 166 Å². The molecule has 1 aliphatic heterocycles. The van der Waals surface area contributed by atoms with Crippen molar-refractivity contribution in [1.82, 2.24) is 4.90 Å². The zero-order chi connectivity index (χ0) is 30.8. The van der Waals surface area contributed by atoms with Crippen LogP contribution in [0.4, 0.5) is 0 Å². The molecular formula is C36H61NO7. The Hall–Kier alpha value is -1.22. The smallest absolute Gasteiger partial charge is 0.307 e. The van der Waals surface area contributed by atoms with Gasteiger partial charge in [-0.1, -0.05) is 77.6 Å². The molecule has 1 saturated heterocycles. The van der Waals surface area contributed by atoms with Crippen LogP contribution in [0, 0.1) is 29.6 Å². The molecule has 5 aliphatic carbocycles. The van der Waals surface area contributed by atoms with Crippen molar-refractivity contribution in [2.24, 2.45) is 29.6 Å². The fourth-order valence-electron chi connectivity index (χ4n) is 9.12. The Labute approximate surface area is 266 Å². The minimum Gasteiger partial charge on any atom is -0.469 e. The molecular weight excluding hydrogens is 558 g/mol. The Morgan fingerprint density at radius 2 is 1.23 bits per heavy atom. The second-order valence-corrected chi connectivity index (χ2v) is 15.0. The third-order valence-electron chi connectivity index (χ3n) is 11.7. The summed E-state index contributed by atoms with van der Waals surface area (Å²) in [4.78, 5) is 51.8. The number of ether oxygens (including phenoxy) is 1. The van der Waals surface area contributed by atoms with Crippen LogP contribution in [0.3, 0.4) is 0 Å². The van der Waals surface area contributed by atoms with E-state index in [1.54, 1.807) is 0 Å². The van der Waals surface area contributed by atoms with Gasteiger partial charge in [0.1, 0.15) is 0 Å². The normalized spacial score (nSPS) is 34.1. The first kappa shape index (κ1) is 34.1. The fraction of sp³-hybridized carbons (Fsp3) is 0.944. The molecule has 1 heterocycles. The fourth-order valence-corrected chi connectivity index (χ4v) is 9.12. The van der Waals surface area contributed by atoms with E-state index in [-0.39, 0.29) is 24.2 Å². The second kappa shape index (κ2) is 16.6. The first-order chi connectivity index (χ1) is 21.4. The molecule has 4 bridgehead atoms. The van der Waals surface area contributed by atoms with Crippen LogP contribution in [0.15, 0.2) is 0 Å². The molecule has 2 spiro atoms. The highest BCUT2D eigenvalue weighted by Gasteiger charge is 2.64. The molecule has 0 aromatic heterocycles. The van der Waals surface area contributed by atoms with E-state index in [4.69, 9.17) is 24.3 Å². The van der Waals surface area contributed by atoms with Gasteiger partial charge < -0.3 is 9.64 Å². The summed E-state index contributed by atoms with van der Waals surface area (Å²) in [7, 11) is 1.41. The number of esters is 1. The topological polar surface area (TPSA) is 83.5 Å². The zero-order valence-electron chi connectivity index (χ0n) is 27.9. The van der Waals surface area contributed by atoms with Crippen molar-refractivity contribution in [3.63, 3.8) is 0 Å². The molecule has 0 aromatic carbocycles. The van der Waals surface area contributed by atoms with Gasteiger partial charge in [0.05, 0.1) is 13.5 Å². The van der Waals surface area contributed by atoms with Crippen LogP contribution in [0.1, 0.15) is 155 Å². The van der Waals surface area contributed by atoms with E-state index in [2.05, 4.69) is 6.92 Å².